The zero-order valence-electron chi connectivity index (χ0n) is 30.1. The molecule has 0 aliphatic carbocycles. The van der Waals surface area contributed by atoms with E-state index in [-0.39, 0.29) is 42.2 Å². The molecule has 266 valence electrons. The van der Waals surface area contributed by atoms with Crippen LogP contribution in [-0.2, 0) is 24.6 Å². The molecule has 0 spiro atoms. The highest BCUT2D eigenvalue weighted by molar-refractivity contribution is 5.96. The number of nitrogens with one attached hydrogen (secondary N) is 4. The van der Waals surface area contributed by atoms with Crippen molar-refractivity contribution in [3.05, 3.63) is 47.7 Å². The van der Waals surface area contributed by atoms with Crippen LogP contribution in [0, 0.1) is 11.3 Å². The van der Waals surface area contributed by atoms with Crippen LogP contribution in [0.1, 0.15) is 73.8 Å². The topological polar surface area (TPSA) is 208 Å². The summed E-state index contributed by atoms with van der Waals surface area (Å²) in [5, 5.41) is 19.5. The molecule has 0 radical (unpaired) electrons. The lowest BCUT2D eigenvalue weighted by Crippen LogP contribution is -2.61. The molecular formula is C35H56N8O5. The van der Waals surface area contributed by atoms with Crippen LogP contribution in [0.3, 0.4) is 0 Å². The maximum Gasteiger partial charge on any atom is 0.326 e. The largest absolute Gasteiger partial charge is 0.480 e. The summed E-state index contributed by atoms with van der Waals surface area (Å²) < 4.78 is 0. The Balaban J connectivity index is 2.30. The van der Waals surface area contributed by atoms with Gasteiger partial charge in [0.2, 0.25) is 17.7 Å². The summed E-state index contributed by atoms with van der Waals surface area (Å²) in [6.07, 6.45) is 4.08. The van der Waals surface area contributed by atoms with Gasteiger partial charge in [-0.05, 0) is 49.8 Å². The molecule has 2 aromatic rings. The molecule has 0 aliphatic heterocycles. The molecule has 48 heavy (non-hydrogen) atoms. The van der Waals surface area contributed by atoms with Gasteiger partial charge in [0.05, 0.1) is 12.1 Å². The van der Waals surface area contributed by atoms with E-state index in [0.29, 0.717) is 6.42 Å². The zero-order valence-corrected chi connectivity index (χ0v) is 30.1. The summed E-state index contributed by atoms with van der Waals surface area (Å²) in [4.78, 5) is 61.8. The number of para-hydroxylation sites is 1. The molecule has 4 atom stereocenters. The fourth-order valence-electron chi connectivity index (χ4n) is 5.92. The second-order valence-corrected chi connectivity index (χ2v) is 14.3. The van der Waals surface area contributed by atoms with Crippen LogP contribution in [0.15, 0.2) is 47.1 Å². The van der Waals surface area contributed by atoms with Crippen molar-refractivity contribution in [1.29, 1.82) is 0 Å². The van der Waals surface area contributed by atoms with E-state index in [1.54, 1.807) is 32.0 Å². The van der Waals surface area contributed by atoms with Gasteiger partial charge < -0.3 is 42.4 Å². The predicted molar refractivity (Wildman–Crippen MR) is 190 cm³/mol. The Hall–Kier alpha value is -4.39. The first-order valence-electron chi connectivity index (χ1n) is 16.3. The van der Waals surface area contributed by atoms with Gasteiger partial charge in [-0.15, -0.1) is 0 Å². The molecule has 0 saturated carbocycles. The van der Waals surface area contributed by atoms with Crippen molar-refractivity contribution in [2.45, 2.75) is 97.8 Å². The van der Waals surface area contributed by atoms with E-state index in [0.717, 1.165) is 16.5 Å². The molecule has 3 amide bonds. The van der Waals surface area contributed by atoms with Crippen LogP contribution in [0.25, 0.3) is 10.9 Å². The lowest BCUT2D eigenvalue weighted by molar-refractivity contribution is -0.141. The van der Waals surface area contributed by atoms with Crippen molar-refractivity contribution >= 4 is 40.6 Å². The molecular weight excluding hydrogens is 612 g/mol. The SMILES string of the molecule is CNC(C(=O)NC(C(=O)N(C)[C@H](/C=C(\C)C(=O)N[C@@H](CCCN=C(N)N)C(=O)O)C(C)C)C(C)(C)C)C(C)(C)c1c[nH]c2ccccc12. The number of carbonyl (C=O) groups excluding carboxylic acids is 3. The number of likely N-dealkylation sites (N-methyl/N-ethyl adjacent to an activating group) is 2. The molecule has 1 aromatic carbocycles. The van der Waals surface area contributed by atoms with Gasteiger partial charge in [-0.25, -0.2) is 4.79 Å². The van der Waals surface area contributed by atoms with E-state index in [2.05, 4.69) is 25.9 Å². The van der Waals surface area contributed by atoms with E-state index < -0.39 is 46.9 Å². The molecule has 9 N–H and O–H groups in total. The number of guanidine groups is 1. The number of H-pyrrole nitrogens is 1. The van der Waals surface area contributed by atoms with E-state index in [1.165, 1.54) is 0 Å². The zero-order chi connectivity index (χ0) is 36.6. The Morgan fingerprint density at radius 2 is 1.67 bits per heavy atom. The summed E-state index contributed by atoms with van der Waals surface area (Å²) in [7, 11) is 3.38. The molecule has 0 aliphatic rings. The maximum absolute atomic E-state index is 14.2. The number of rotatable bonds is 16. The Morgan fingerprint density at radius 1 is 1.04 bits per heavy atom. The number of carboxylic acids is 1. The number of carboxylic acid groups (broad SMARTS) is 1. The van der Waals surface area contributed by atoms with Crippen molar-refractivity contribution in [3.63, 3.8) is 0 Å². The Kier molecular flexibility index (Phi) is 13.8. The lowest BCUT2D eigenvalue weighted by atomic mass is 9.76. The van der Waals surface area contributed by atoms with Crippen molar-refractivity contribution in [1.82, 2.24) is 25.8 Å². The average Bonchev–Trinajstić information content (AvgIpc) is 3.43. The first-order valence-corrected chi connectivity index (χ1v) is 16.3. The van der Waals surface area contributed by atoms with Gasteiger partial charge in [0.1, 0.15) is 12.1 Å². The summed E-state index contributed by atoms with van der Waals surface area (Å²) >= 11 is 0. The number of carbonyl (C=O) groups is 4. The van der Waals surface area contributed by atoms with E-state index in [4.69, 9.17) is 11.5 Å². The average molecular weight is 669 g/mol. The van der Waals surface area contributed by atoms with Crippen molar-refractivity contribution in [2.24, 2.45) is 27.8 Å². The molecule has 2 rings (SSSR count). The monoisotopic (exact) mass is 668 g/mol. The van der Waals surface area contributed by atoms with Crippen LogP contribution < -0.4 is 27.4 Å². The number of nitrogens with two attached hydrogens (primary N) is 2. The minimum absolute atomic E-state index is 0.0903. The number of benzene rings is 1. The van der Waals surface area contributed by atoms with Gasteiger partial charge in [0.25, 0.3) is 0 Å². The summed E-state index contributed by atoms with van der Waals surface area (Å²) in [5.41, 5.74) is 11.5. The van der Waals surface area contributed by atoms with Crippen molar-refractivity contribution in [2.75, 3.05) is 20.6 Å². The molecule has 1 aromatic heterocycles. The molecule has 1 heterocycles. The van der Waals surface area contributed by atoms with Gasteiger partial charge in [-0.1, -0.05) is 72.7 Å². The highest BCUT2D eigenvalue weighted by atomic mass is 16.4. The van der Waals surface area contributed by atoms with Crippen molar-refractivity contribution in [3.8, 4) is 0 Å². The fraction of sp³-hybridized carbons (Fsp3) is 0.571. The van der Waals surface area contributed by atoms with E-state index in [9.17, 15) is 24.3 Å². The summed E-state index contributed by atoms with van der Waals surface area (Å²) in [5.74, 6) is -2.58. The third kappa shape index (κ3) is 10.1. The lowest BCUT2D eigenvalue weighted by Gasteiger charge is -2.39. The number of hydrogen-bond acceptors (Lipinski definition) is 6. The number of hydrogen-bond donors (Lipinski definition) is 7. The Morgan fingerprint density at radius 3 is 2.21 bits per heavy atom. The van der Waals surface area contributed by atoms with Crippen LogP contribution in [0.4, 0.5) is 0 Å². The molecule has 0 fully saturated rings. The van der Waals surface area contributed by atoms with Crippen LogP contribution in [0.2, 0.25) is 0 Å². The Labute approximate surface area is 284 Å². The van der Waals surface area contributed by atoms with E-state index >= 15 is 0 Å². The van der Waals surface area contributed by atoms with Gasteiger partial charge in [0.15, 0.2) is 5.96 Å². The standard InChI is InChI=1S/C35H56N8O5/c1-20(2)26(18-21(3)29(44)41-25(32(47)48)16-13-17-39-33(36)37)43(10)31(46)28(34(4,5)6)42-30(45)27(38-9)35(7,8)23-19-40-24-15-12-11-14-22(23)24/h11-12,14-15,18-20,25-28,38,40H,13,16-17H2,1-10H3,(H,41,44)(H,42,45)(H,47,48)(H4,36,37,39)/b21-18+/t25-,26+,27?,28?/m0/s1. The smallest absolute Gasteiger partial charge is 0.326 e. The summed E-state index contributed by atoms with van der Waals surface area (Å²) in [6, 6.07) is 4.68. The molecule has 0 saturated heterocycles. The normalized spacial score (nSPS) is 14.9. The highest BCUT2D eigenvalue weighted by Gasteiger charge is 2.42. The molecule has 0 bridgehead atoms. The number of aliphatic carboxylic acids is 1. The first kappa shape index (κ1) is 39.8. The minimum Gasteiger partial charge on any atom is -0.480 e. The van der Waals surface area contributed by atoms with Gasteiger partial charge in [-0.3, -0.25) is 19.4 Å². The molecule has 2 unspecified atom stereocenters. The minimum atomic E-state index is -1.18. The number of aliphatic imine (C=N–C) groups is 1. The number of aromatic amines is 1. The first-order chi connectivity index (χ1) is 22.2. The molecule has 13 nitrogen and oxygen atoms in total. The molecule has 13 heteroatoms. The number of fused-ring (bicyclic) bond motifs is 1. The fourth-order valence-corrected chi connectivity index (χ4v) is 5.92. The van der Waals surface area contributed by atoms with Crippen molar-refractivity contribution < 1.29 is 24.3 Å². The number of nitrogens with zero attached hydrogens (tertiary/aromatic N) is 2. The van der Waals surface area contributed by atoms with Gasteiger partial charge >= 0.3 is 5.97 Å². The van der Waals surface area contributed by atoms with Gasteiger partial charge in [-0.2, -0.15) is 0 Å². The van der Waals surface area contributed by atoms with Crippen LogP contribution >= 0.6 is 0 Å². The third-order valence-corrected chi connectivity index (χ3v) is 8.76. The quantitative estimate of drug-likeness (QED) is 0.0611. The van der Waals surface area contributed by atoms with Crippen LogP contribution in [0.5, 0.6) is 0 Å². The number of amides is 3. The van der Waals surface area contributed by atoms with Gasteiger partial charge in [0, 0.05) is 41.7 Å². The summed E-state index contributed by atoms with van der Waals surface area (Å²) in [6.45, 7) is 15.3. The second kappa shape index (κ2) is 16.6. The third-order valence-electron chi connectivity index (χ3n) is 8.76. The maximum atomic E-state index is 14.2. The van der Waals surface area contributed by atoms with Crippen LogP contribution in [-0.4, -0.2) is 89.4 Å². The second-order valence-electron chi connectivity index (χ2n) is 14.3. The Bertz CT molecular complexity index is 1500. The van der Waals surface area contributed by atoms with E-state index in [1.807, 2.05) is 78.9 Å². The highest BCUT2D eigenvalue weighted by Crippen LogP contribution is 2.34. The number of aromatic nitrogens is 1. The predicted octanol–water partition coefficient (Wildman–Crippen LogP) is 2.62.